The molecule has 3 rings (SSSR count). The lowest BCUT2D eigenvalue weighted by atomic mass is 10.1. The zero-order valence-corrected chi connectivity index (χ0v) is 13.5. The molecule has 0 aliphatic heterocycles. The standard InChI is InChI=1S/C14H18N4OS2/c1-2-18-11(10-6-5-9-20-10)16-17-13(18)21-14(12(15)19)7-3-4-8-14/h5-6,9H,2-4,7-8H2,1H3,(H2,15,19). The molecule has 2 aromatic heterocycles. The van der Waals surface area contributed by atoms with Crippen LogP contribution in [0.2, 0.25) is 0 Å². The van der Waals surface area contributed by atoms with E-state index < -0.39 is 4.75 Å². The van der Waals surface area contributed by atoms with Gasteiger partial charge in [-0.3, -0.25) is 4.79 Å². The van der Waals surface area contributed by atoms with E-state index in [0.717, 1.165) is 48.1 Å². The number of carbonyl (C=O) groups is 1. The van der Waals surface area contributed by atoms with Crippen LogP contribution in [0.1, 0.15) is 32.6 Å². The largest absolute Gasteiger partial charge is 0.368 e. The van der Waals surface area contributed by atoms with Crippen molar-refractivity contribution in [1.29, 1.82) is 0 Å². The maximum absolute atomic E-state index is 11.9. The van der Waals surface area contributed by atoms with Gasteiger partial charge >= 0.3 is 0 Å². The Morgan fingerprint density at radius 1 is 1.48 bits per heavy atom. The molecule has 0 saturated heterocycles. The van der Waals surface area contributed by atoms with Crippen LogP contribution in [0.4, 0.5) is 0 Å². The Morgan fingerprint density at radius 3 is 2.81 bits per heavy atom. The highest BCUT2D eigenvalue weighted by Crippen LogP contribution is 2.45. The van der Waals surface area contributed by atoms with Gasteiger partial charge in [-0.05, 0) is 31.2 Å². The quantitative estimate of drug-likeness (QED) is 0.918. The summed E-state index contributed by atoms with van der Waals surface area (Å²) in [4.78, 5) is 13.0. The van der Waals surface area contributed by atoms with Crippen LogP contribution in [-0.2, 0) is 11.3 Å². The first-order valence-corrected chi connectivity index (χ1v) is 8.82. The van der Waals surface area contributed by atoms with E-state index in [1.807, 2.05) is 17.5 Å². The highest BCUT2D eigenvalue weighted by molar-refractivity contribution is 8.01. The monoisotopic (exact) mass is 322 g/mol. The lowest BCUT2D eigenvalue weighted by molar-refractivity contribution is -0.120. The van der Waals surface area contributed by atoms with Crippen molar-refractivity contribution in [2.45, 2.75) is 49.1 Å². The molecule has 7 heteroatoms. The van der Waals surface area contributed by atoms with Crippen molar-refractivity contribution in [3.8, 4) is 10.7 Å². The fraction of sp³-hybridized carbons (Fsp3) is 0.500. The number of carbonyl (C=O) groups excluding carboxylic acids is 1. The van der Waals surface area contributed by atoms with Crippen LogP contribution in [-0.4, -0.2) is 25.4 Å². The molecule has 0 spiro atoms. The molecular formula is C14H18N4OS2. The van der Waals surface area contributed by atoms with E-state index in [-0.39, 0.29) is 5.91 Å². The van der Waals surface area contributed by atoms with Crippen molar-refractivity contribution in [1.82, 2.24) is 14.8 Å². The van der Waals surface area contributed by atoms with E-state index in [1.54, 1.807) is 11.3 Å². The Bertz CT molecular complexity index is 629. The third-order valence-corrected chi connectivity index (χ3v) is 6.27. The van der Waals surface area contributed by atoms with E-state index in [2.05, 4.69) is 21.7 Å². The Labute approximate surface area is 131 Å². The van der Waals surface area contributed by atoms with Gasteiger partial charge in [-0.2, -0.15) is 0 Å². The molecule has 1 amide bonds. The summed E-state index contributed by atoms with van der Waals surface area (Å²) in [5.41, 5.74) is 5.66. The number of aromatic nitrogens is 3. The molecule has 1 aliphatic carbocycles. The highest BCUT2D eigenvalue weighted by Gasteiger charge is 2.42. The van der Waals surface area contributed by atoms with Gasteiger partial charge < -0.3 is 10.3 Å². The van der Waals surface area contributed by atoms with E-state index in [0.29, 0.717) is 0 Å². The molecule has 0 radical (unpaired) electrons. The average molecular weight is 322 g/mol. The molecule has 0 aromatic carbocycles. The SMILES string of the molecule is CCn1c(SC2(C(N)=O)CCCC2)nnc1-c1cccs1. The van der Waals surface area contributed by atoms with Gasteiger partial charge in [0.25, 0.3) is 0 Å². The summed E-state index contributed by atoms with van der Waals surface area (Å²) >= 11 is 3.14. The number of rotatable bonds is 5. The molecule has 2 aromatic rings. The van der Waals surface area contributed by atoms with Gasteiger partial charge in [-0.15, -0.1) is 21.5 Å². The van der Waals surface area contributed by atoms with Crippen LogP contribution in [0.25, 0.3) is 10.7 Å². The van der Waals surface area contributed by atoms with Crippen molar-refractivity contribution in [3.63, 3.8) is 0 Å². The summed E-state index contributed by atoms with van der Waals surface area (Å²) in [6.45, 7) is 2.84. The van der Waals surface area contributed by atoms with Gasteiger partial charge in [0.15, 0.2) is 11.0 Å². The topological polar surface area (TPSA) is 73.8 Å². The smallest absolute Gasteiger partial charge is 0.234 e. The fourth-order valence-electron chi connectivity index (χ4n) is 2.76. The van der Waals surface area contributed by atoms with Crippen molar-refractivity contribution >= 4 is 29.0 Å². The van der Waals surface area contributed by atoms with E-state index in [9.17, 15) is 4.79 Å². The first-order chi connectivity index (χ1) is 10.2. The van der Waals surface area contributed by atoms with Crippen molar-refractivity contribution < 1.29 is 4.79 Å². The van der Waals surface area contributed by atoms with Crippen LogP contribution in [0.15, 0.2) is 22.7 Å². The maximum atomic E-state index is 11.9. The minimum atomic E-state index is -0.507. The second kappa shape index (κ2) is 5.81. The van der Waals surface area contributed by atoms with Gasteiger partial charge in [0.1, 0.15) is 4.75 Å². The van der Waals surface area contributed by atoms with Gasteiger partial charge in [0, 0.05) is 6.54 Å². The van der Waals surface area contributed by atoms with Crippen LogP contribution in [0.3, 0.4) is 0 Å². The normalized spacial score (nSPS) is 17.2. The molecule has 1 aliphatic rings. The number of primary amides is 1. The molecule has 112 valence electrons. The number of amides is 1. The molecular weight excluding hydrogens is 304 g/mol. The Balaban J connectivity index is 1.94. The average Bonchev–Trinajstić information content (AvgIpc) is 3.19. The maximum Gasteiger partial charge on any atom is 0.234 e. The summed E-state index contributed by atoms with van der Waals surface area (Å²) in [5.74, 6) is 0.640. The summed E-state index contributed by atoms with van der Waals surface area (Å²) in [6.07, 6.45) is 3.76. The molecule has 1 saturated carbocycles. The Hall–Kier alpha value is -1.34. The molecule has 0 unspecified atom stereocenters. The third kappa shape index (κ3) is 2.60. The predicted octanol–water partition coefficient (Wildman–Crippen LogP) is 2.92. The summed E-state index contributed by atoms with van der Waals surface area (Å²) < 4.78 is 1.56. The zero-order valence-electron chi connectivity index (χ0n) is 11.9. The molecule has 2 N–H and O–H groups in total. The minimum absolute atomic E-state index is 0.228. The number of thioether (sulfide) groups is 1. The number of nitrogens with zero attached hydrogens (tertiary/aromatic N) is 3. The summed E-state index contributed by atoms with van der Waals surface area (Å²) in [7, 11) is 0. The fourth-order valence-corrected chi connectivity index (χ4v) is 4.82. The first-order valence-electron chi connectivity index (χ1n) is 7.12. The third-order valence-electron chi connectivity index (χ3n) is 3.92. The Kier molecular flexibility index (Phi) is 4.03. The molecule has 5 nitrogen and oxygen atoms in total. The molecule has 21 heavy (non-hydrogen) atoms. The van der Waals surface area contributed by atoms with Crippen LogP contribution in [0.5, 0.6) is 0 Å². The first kappa shape index (κ1) is 14.6. The highest BCUT2D eigenvalue weighted by atomic mass is 32.2. The second-order valence-corrected chi connectivity index (χ2v) is 7.49. The van der Waals surface area contributed by atoms with Gasteiger partial charge in [-0.1, -0.05) is 30.7 Å². The van der Waals surface area contributed by atoms with E-state index in [4.69, 9.17) is 5.73 Å². The molecule has 0 bridgehead atoms. The Morgan fingerprint density at radius 2 is 2.24 bits per heavy atom. The summed E-state index contributed by atoms with van der Waals surface area (Å²) in [5, 5.41) is 11.4. The predicted molar refractivity (Wildman–Crippen MR) is 85.3 cm³/mol. The van der Waals surface area contributed by atoms with Crippen molar-refractivity contribution in [3.05, 3.63) is 17.5 Å². The lowest BCUT2D eigenvalue weighted by Crippen LogP contribution is -2.38. The molecule has 2 heterocycles. The summed E-state index contributed by atoms with van der Waals surface area (Å²) in [6, 6.07) is 4.04. The zero-order chi connectivity index (χ0) is 14.9. The van der Waals surface area contributed by atoms with Gasteiger partial charge in [0.2, 0.25) is 5.91 Å². The number of nitrogens with two attached hydrogens (primary N) is 1. The number of thiophene rings is 1. The minimum Gasteiger partial charge on any atom is -0.368 e. The van der Waals surface area contributed by atoms with E-state index in [1.165, 1.54) is 11.8 Å². The van der Waals surface area contributed by atoms with Crippen LogP contribution >= 0.6 is 23.1 Å². The lowest BCUT2D eigenvalue weighted by Gasteiger charge is -2.23. The number of hydrogen-bond acceptors (Lipinski definition) is 5. The van der Waals surface area contributed by atoms with Gasteiger partial charge in [-0.25, -0.2) is 0 Å². The van der Waals surface area contributed by atoms with Crippen molar-refractivity contribution in [2.75, 3.05) is 0 Å². The van der Waals surface area contributed by atoms with Crippen LogP contribution in [0, 0.1) is 0 Å². The van der Waals surface area contributed by atoms with Crippen molar-refractivity contribution in [2.24, 2.45) is 5.73 Å². The van der Waals surface area contributed by atoms with E-state index >= 15 is 0 Å². The number of hydrogen-bond donors (Lipinski definition) is 1. The second-order valence-electron chi connectivity index (χ2n) is 5.20. The molecule has 1 fully saturated rings. The van der Waals surface area contributed by atoms with Gasteiger partial charge in [0.05, 0.1) is 4.88 Å². The van der Waals surface area contributed by atoms with Crippen LogP contribution < -0.4 is 5.73 Å². The molecule has 0 atom stereocenters.